The summed E-state index contributed by atoms with van der Waals surface area (Å²) in [5, 5.41) is 11.3. The van der Waals surface area contributed by atoms with E-state index in [0.29, 0.717) is 11.3 Å². The number of nitrogens with one attached hydrogen (secondary N) is 1. The summed E-state index contributed by atoms with van der Waals surface area (Å²) in [5.74, 6) is -2.51. The van der Waals surface area contributed by atoms with E-state index >= 15 is 0 Å². The van der Waals surface area contributed by atoms with E-state index in [1.54, 1.807) is 20.8 Å². The average Bonchev–Trinajstić information content (AvgIpc) is 2.30. The Hall–Kier alpha value is -2.08. The summed E-state index contributed by atoms with van der Waals surface area (Å²) >= 11 is 5.90. The standard InChI is InChI=1S/C14H16ClNO5/c1-14(2,3)21-13(20)16-9-4-5-10(15)8(6-9)7-11(17)12(18)19/h4-6H,7H2,1-3H3,(H,16,20)(H,18,19). The zero-order valence-corrected chi connectivity index (χ0v) is 12.7. The Bertz CT molecular complexity index is 577. The van der Waals surface area contributed by atoms with Crippen molar-refractivity contribution in [2.24, 2.45) is 0 Å². The first-order valence-corrected chi connectivity index (χ1v) is 6.51. The molecular formula is C14H16ClNO5. The van der Waals surface area contributed by atoms with Crippen molar-refractivity contribution in [2.45, 2.75) is 32.8 Å². The van der Waals surface area contributed by atoms with Gasteiger partial charge >= 0.3 is 12.1 Å². The third-order valence-electron chi connectivity index (χ3n) is 2.28. The van der Waals surface area contributed by atoms with Gasteiger partial charge in [0.1, 0.15) is 5.60 Å². The lowest BCUT2D eigenvalue weighted by atomic mass is 10.1. The van der Waals surface area contributed by atoms with Crippen molar-refractivity contribution < 1.29 is 24.2 Å². The van der Waals surface area contributed by atoms with Crippen LogP contribution in [0.15, 0.2) is 18.2 Å². The average molecular weight is 314 g/mol. The van der Waals surface area contributed by atoms with Gasteiger partial charge in [-0.25, -0.2) is 9.59 Å². The van der Waals surface area contributed by atoms with Crippen LogP contribution in [0, 0.1) is 0 Å². The smallest absolute Gasteiger partial charge is 0.412 e. The predicted molar refractivity (Wildman–Crippen MR) is 77.7 cm³/mol. The monoisotopic (exact) mass is 313 g/mol. The Morgan fingerprint density at radius 3 is 2.43 bits per heavy atom. The molecule has 0 bridgehead atoms. The summed E-state index contributed by atoms with van der Waals surface area (Å²) in [7, 11) is 0. The Morgan fingerprint density at radius 2 is 1.90 bits per heavy atom. The van der Waals surface area contributed by atoms with Gasteiger partial charge < -0.3 is 9.84 Å². The van der Waals surface area contributed by atoms with Gasteiger partial charge in [0.05, 0.1) is 0 Å². The maximum atomic E-state index is 11.6. The van der Waals surface area contributed by atoms with Crippen LogP contribution in [0.3, 0.4) is 0 Å². The molecule has 21 heavy (non-hydrogen) atoms. The number of anilines is 1. The highest BCUT2D eigenvalue weighted by molar-refractivity contribution is 6.35. The number of ether oxygens (including phenoxy) is 1. The Kier molecular flexibility index (Phi) is 5.32. The normalized spacial score (nSPS) is 10.9. The van der Waals surface area contributed by atoms with E-state index in [2.05, 4.69) is 5.32 Å². The van der Waals surface area contributed by atoms with Crippen LogP contribution in [-0.4, -0.2) is 28.6 Å². The molecule has 1 rings (SSSR count). The summed E-state index contributed by atoms with van der Waals surface area (Å²) in [4.78, 5) is 33.4. The highest BCUT2D eigenvalue weighted by Gasteiger charge is 2.18. The molecule has 0 saturated carbocycles. The zero-order chi connectivity index (χ0) is 16.2. The number of rotatable bonds is 4. The molecule has 0 unspecified atom stereocenters. The van der Waals surface area contributed by atoms with Crippen molar-refractivity contribution in [3.63, 3.8) is 0 Å². The van der Waals surface area contributed by atoms with Gasteiger partial charge in [0, 0.05) is 17.1 Å². The van der Waals surface area contributed by atoms with Crippen molar-refractivity contribution in [3.8, 4) is 0 Å². The van der Waals surface area contributed by atoms with Crippen molar-refractivity contribution in [2.75, 3.05) is 5.32 Å². The lowest BCUT2D eigenvalue weighted by molar-refractivity contribution is -0.148. The number of hydrogen-bond acceptors (Lipinski definition) is 4. The zero-order valence-electron chi connectivity index (χ0n) is 11.9. The minimum atomic E-state index is -1.53. The number of ketones is 1. The maximum Gasteiger partial charge on any atom is 0.412 e. The van der Waals surface area contributed by atoms with E-state index < -0.39 is 23.4 Å². The Morgan fingerprint density at radius 1 is 1.29 bits per heavy atom. The molecule has 0 heterocycles. The number of carbonyl (C=O) groups is 3. The van der Waals surface area contributed by atoms with Crippen LogP contribution < -0.4 is 5.32 Å². The molecule has 0 aliphatic rings. The number of aliphatic carboxylic acids is 1. The largest absolute Gasteiger partial charge is 0.475 e. The second-order valence-electron chi connectivity index (χ2n) is 5.34. The third-order valence-corrected chi connectivity index (χ3v) is 2.65. The molecule has 0 fully saturated rings. The fourth-order valence-electron chi connectivity index (χ4n) is 1.46. The molecule has 0 aliphatic heterocycles. The molecule has 0 radical (unpaired) electrons. The van der Waals surface area contributed by atoms with E-state index in [4.69, 9.17) is 21.4 Å². The molecular weight excluding hydrogens is 298 g/mol. The molecule has 0 spiro atoms. The molecule has 0 saturated heterocycles. The molecule has 0 aromatic heterocycles. The van der Waals surface area contributed by atoms with Gasteiger partial charge in [0.15, 0.2) is 0 Å². The van der Waals surface area contributed by atoms with Crippen LogP contribution in [0.4, 0.5) is 10.5 Å². The Labute approximate surface area is 127 Å². The van der Waals surface area contributed by atoms with Crippen LogP contribution >= 0.6 is 11.6 Å². The van der Waals surface area contributed by atoms with Gasteiger partial charge in [-0.3, -0.25) is 10.1 Å². The second-order valence-corrected chi connectivity index (χ2v) is 5.75. The number of halogens is 1. The summed E-state index contributed by atoms with van der Waals surface area (Å²) < 4.78 is 5.09. The first kappa shape index (κ1) is 17.0. The lowest BCUT2D eigenvalue weighted by Gasteiger charge is -2.19. The van der Waals surface area contributed by atoms with Gasteiger partial charge in [-0.1, -0.05) is 11.6 Å². The quantitative estimate of drug-likeness (QED) is 0.834. The highest BCUT2D eigenvalue weighted by Crippen LogP contribution is 2.22. The van der Waals surface area contributed by atoms with Crippen molar-refractivity contribution in [3.05, 3.63) is 28.8 Å². The van der Waals surface area contributed by atoms with E-state index in [1.165, 1.54) is 18.2 Å². The maximum absolute atomic E-state index is 11.6. The summed E-state index contributed by atoms with van der Waals surface area (Å²) in [6.45, 7) is 5.18. The first-order valence-electron chi connectivity index (χ1n) is 6.13. The first-order chi connectivity index (χ1) is 9.58. The van der Waals surface area contributed by atoms with Crippen LogP contribution in [-0.2, 0) is 20.7 Å². The molecule has 114 valence electrons. The lowest BCUT2D eigenvalue weighted by Crippen LogP contribution is -2.27. The minimum absolute atomic E-state index is 0.249. The summed E-state index contributed by atoms with van der Waals surface area (Å²) in [5.41, 5.74) is 0.0398. The fraction of sp³-hybridized carbons (Fsp3) is 0.357. The minimum Gasteiger partial charge on any atom is -0.475 e. The van der Waals surface area contributed by atoms with Gasteiger partial charge in [-0.15, -0.1) is 0 Å². The van der Waals surface area contributed by atoms with Gasteiger partial charge in [0.2, 0.25) is 5.78 Å². The summed E-state index contributed by atoms with van der Waals surface area (Å²) in [6, 6.07) is 4.44. The molecule has 1 amide bonds. The topological polar surface area (TPSA) is 92.7 Å². The molecule has 2 N–H and O–H groups in total. The van der Waals surface area contributed by atoms with Crippen molar-refractivity contribution >= 4 is 35.1 Å². The second kappa shape index (κ2) is 6.58. The molecule has 0 atom stereocenters. The van der Waals surface area contributed by atoms with E-state index in [-0.39, 0.29) is 11.4 Å². The molecule has 1 aromatic carbocycles. The number of benzene rings is 1. The number of hydrogen-bond donors (Lipinski definition) is 2. The number of carbonyl (C=O) groups excluding carboxylic acids is 2. The van der Waals surface area contributed by atoms with Gasteiger partial charge in [-0.05, 0) is 44.5 Å². The number of Topliss-reactive ketones (excluding diaryl/α,β-unsaturated/α-hetero) is 1. The third kappa shape index (κ3) is 5.83. The van der Waals surface area contributed by atoms with E-state index in [9.17, 15) is 14.4 Å². The molecule has 0 aliphatic carbocycles. The number of carboxylic acid groups (broad SMARTS) is 1. The fourth-order valence-corrected chi connectivity index (χ4v) is 1.64. The van der Waals surface area contributed by atoms with E-state index in [0.717, 1.165) is 0 Å². The Balaban J connectivity index is 2.84. The predicted octanol–water partition coefficient (Wildman–Crippen LogP) is 2.88. The van der Waals surface area contributed by atoms with Crippen LogP contribution in [0.1, 0.15) is 26.3 Å². The molecule has 1 aromatic rings. The van der Waals surface area contributed by atoms with Crippen molar-refractivity contribution in [1.29, 1.82) is 0 Å². The SMILES string of the molecule is CC(C)(C)OC(=O)Nc1ccc(Cl)c(CC(=O)C(=O)O)c1. The number of carboxylic acids is 1. The molecule has 6 nitrogen and oxygen atoms in total. The van der Waals surface area contributed by atoms with Crippen LogP contribution in [0.5, 0.6) is 0 Å². The van der Waals surface area contributed by atoms with Gasteiger partial charge in [-0.2, -0.15) is 0 Å². The summed E-state index contributed by atoms with van der Waals surface area (Å²) in [6.07, 6.45) is -1.00. The van der Waals surface area contributed by atoms with Crippen LogP contribution in [0.2, 0.25) is 5.02 Å². The van der Waals surface area contributed by atoms with E-state index in [1.807, 2.05) is 0 Å². The van der Waals surface area contributed by atoms with Crippen molar-refractivity contribution in [1.82, 2.24) is 0 Å². The number of amides is 1. The van der Waals surface area contributed by atoms with Gasteiger partial charge in [0.25, 0.3) is 0 Å². The van der Waals surface area contributed by atoms with Crippen LogP contribution in [0.25, 0.3) is 0 Å². The molecule has 7 heteroatoms. The highest BCUT2D eigenvalue weighted by atomic mass is 35.5.